The molecule has 1 aliphatic carbocycles. The van der Waals surface area contributed by atoms with Crippen LogP contribution in [0.15, 0.2) is 16.7 Å². The Kier molecular flexibility index (Phi) is 8.08. The Hall–Kier alpha value is -3.10. The zero-order valence-corrected chi connectivity index (χ0v) is 19.1. The first kappa shape index (κ1) is 23.6. The highest BCUT2D eigenvalue weighted by Gasteiger charge is 2.25. The molecule has 0 spiro atoms. The summed E-state index contributed by atoms with van der Waals surface area (Å²) in [5, 5.41) is 6.78. The Morgan fingerprint density at radius 2 is 1.81 bits per heavy atom. The molecule has 1 saturated carbocycles. The molecule has 1 amide bonds. The second kappa shape index (κ2) is 11.0. The van der Waals surface area contributed by atoms with Crippen molar-refractivity contribution in [2.75, 3.05) is 19.5 Å². The van der Waals surface area contributed by atoms with Crippen LogP contribution >= 0.6 is 0 Å². The Bertz CT molecular complexity index is 934. The third-order valence-corrected chi connectivity index (χ3v) is 5.41. The van der Waals surface area contributed by atoms with Crippen molar-refractivity contribution in [2.45, 2.75) is 59.0 Å². The summed E-state index contributed by atoms with van der Waals surface area (Å²) >= 11 is 0. The van der Waals surface area contributed by atoms with Gasteiger partial charge in [0.25, 0.3) is 5.89 Å². The van der Waals surface area contributed by atoms with E-state index in [-0.39, 0.29) is 29.9 Å². The molecule has 0 radical (unpaired) electrons. The molecule has 174 valence electrons. The largest absolute Gasteiger partial charge is 0.493 e. The van der Waals surface area contributed by atoms with Gasteiger partial charge in [0.1, 0.15) is 0 Å². The van der Waals surface area contributed by atoms with E-state index in [2.05, 4.69) is 29.3 Å². The second-order valence-corrected chi connectivity index (χ2v) is 8.36. The van der Waals surface area contributed by atoms with Crippen LogP contribution < -0.4 is 14.8 Å². The van der Waals surface area contributed by atoms with Crippen LogP contribution in [0.5, 0.6) is 11.5 Å². The molecule has 0 aliphatic heterocycles. The van der Waals surface area contributed by atoms with Crippen molar-refractivity contribution in [3.63, 3.8) is 0 Å². The van der Waals surface area contributed by atoms with Gasteiger partial charge >= 0.3 is 5.97 Å². The van der Waals surface area contributed by atoms with Crippen LogP contribution in [-0.2, 0) is 22.6 Å². The van der Waals surface area contributed by atoms with Gasteiger partial charge in [0.2, 0.25) is 5.91 Å². The summed E-state index contributed by atoms with van der Waals surface area (Å²) in [6, 6.07) is 3.07. The van der Waals surface area contributed by atoms with Crippen LogP contribution in [0.4, 0.5) is 5.69 Å². The number of hydrogen-bond acceptors (Lipinski definition) is 8. The topological polar surface area (TPSA) is 113 Å². The summed E-state index contributed by atoms with van der Waals surface area (Å²) < 4.78 is 21.2. The predicted molar refractivity (Wildman–Crippen MR) is 117 cm³/mol. The number of nitrogens with zero attached hydrogens (tertiary/aromatic N) is 2. The molecule has 1 aromatic heterocycles. The molecule has 0 atom stereocenters. The van der Waals surface area contributed by atoms with Gasteiger partial charge < -0.3 is 24.1 Å². The standard InChI is InChI=1S/C23H31N3O6/c1-14(2)10-20-25-21(32-26-20)13-31-23(28)16-11-18(29-3)19(30-4)12-17(16)24-22(27)15-8-6-5-7-9-15/h11-12,14-15H,5-10,13H2,1-4H3,(H,24,27). The number of nitrogens with one attached hydrogen (secondary N) is 1. The fraction of sp³-hybridized carbons (Fsp3) is 0.565. The zero-order valence-electron chi connectivity index (χ0n) is 19.1. The molecule has 9 heteroatoms. The summed E-state index contributed by atoms with van der Waals surface area (Å²) in [5.74, 6) is 1.09. The predicted octanol–water partition coefficient (Wildman–Crippen LogP) is 4.16. The molecule has 1 N–H and O–H groups in total. The number of ether oxygens (including phenoxy) is 3. The SMILES string of the molecule is COc1cc(NC(=O)C2CCCCC2)c(C(=O)OCc2nc(CC(C)C)no2)cc1OC. The molecule has 1 fully saturated rings. The van der Waals surface area contributed by atoms with E-state index in [1.54, 1.807) is 6.07 Å². The monoisotopic (exact) mass is 445 g/mol. The lowest BCUT2D eigenvalue weighted by molar-refractivity contribution is -0.120. The van der Waals surface area contributed by atoms with E-state index in [0.29, 0.717) is 35.3 Å². The number of esters is 1. The minimum Gasteiger partial charge on any atom is -0.493 e. The van der Waals surface area contributed by atoms with Crippen LogP contribution in [-0.4, -0.2) is 36.2 Å². The first-order chi connectivity index (χ1) is 15.4. The van der Waals surface area contributed by atoms with Crippen molar-refractivity contribution in [3.8, 4) is 11.5 Å². The molecular weight excluding hydrogens is 414 g/mol. The third kappa shape index (κ3) is 5.99. The quantitative estimate of drug-likeness (QED) is 0.573. The van der Waals surface area contributed by atoms with Crippen LogP contribution in [0.25, 0.3) is 0 Å². The van der Waals surface area contributed by atoms with Crippen molar-refractivity contribution in [1.82, 2.24) is 10.1 Å². The van der Waals surface area contributed by atoms with E-state index in [1.165, 1.54) is 20.3 Å². The van der Waals surface area contributed by atoms with Crippen molar-refractivity contribution in [2.24, 2.45) is 11.8 Å². The van der Waals surface area contributed by atoms with Gasteiger partial charge in [0, 0.05) is 24.5 Å². The van der Waals surface area contributed by atoms with Gasteiger partial charge in [-0.1, -0.05) is 38.3 Å². The highest BCUT2D eigenvalue weighted by molar-refractivity contribution is 6.02. The van der Waals surface area contributed by atoms with Crippen molar-refractivity contribution >= 4 is 17.6 Å². The maximum Gasteiger partial charge on any atom is 0.340 e. The minimum absolute atomic E-state index is 0.0708. The smallest absolute Gasteiger partial charge is 0.340 e. The average molecular weight is 446 g/mol. The second-order valence-electron chi connectivity index (χ2n) is 8.36. The number of amides is 1. The number of carbonyl (C=O) groups excluding carboxylic acids is 2. The molecule has 1 aromatic carbocycles. The van der Waals surface area contributed by atoms with Crippen LogP contribution in [0.1, 0.15) is 68.0 Å². The Morgan fingerprint density at radius 1 is 1.12 bits per heavy atom. The fourth-order valence-electron chi connectivity index (χ4n) is 3.75. The first-order valence-electron chi connectivity index (χ1n) is 11.0. The van der Waals surface area contributed by atoms with Gasteiger partial charge in [0.05, 0.1) is 25.5 Å². The van der Waals surface area contributed by atoms with Crippen LogP contribution in [0, 0.1) is 11.8 Å². The number of methoxy groups -OCH3 is 2. The number of rotatable bonds is 9. The zero-order chi connectivity index (χ0) is 23.1. The molecule has 0 saturated heterocycles. The summed E-state index contributed by atoms with van der Waals surface area (Å²) in [6.07, 6.45) is 5.56. The molecule has 1 aliphatic rings. The molecule has 0 bridgehead atoms. The van der Waals surface area contributed by atoms with Gasteiger partial charge in [-0.25, -0.2) is 4.79 Å². The highest BCUT2D eigenvalue weighted by Crippen LogP contribution is 2.35. The summed E-state index contributed by atoms with van der Waals surface area (Å²) in [7, 11) is 2.97. The van der Waals surface area contributed by atoms with Crippen molar-refractivity contribution < 1.29 is 28.3 Å². The fourth-order valence-corrected chi connectivity index (χ4v) is 3.75. The van der Waals surface area contributed by atoms with E-state index in [1.807, 2.05) is 0 Å². The molecule has 32 heavy (non-hydrogen) atoms. The Labute approximate surface area is 187 Å². The number of hydrogen-bond donors (Lipinski definition) is 1. The lowest BCUT2D eigenvalue weighted by atomic mass is 9.88. The van der Waals surface area contributed by atoms with Gasteiger partial charge in [-0.3, -0.25) is 4.79 Å². The highest BCUT2D eigenvalue weighted by atomic mass is 16.6. The summed E-state index contributed by atoms with van der Waals surface area (Å²) in [6.45, 7) is 3.93. The number of benzene rings is 1. The van der Waals surface area contributed by atoms with Crippen molar-refractivity contribution in [3.05, 3.63) is 29.4 Å². The molecule has 0 unspecified atom stereocenters. The van der Waals surface area contributed by atoms with Gasteiger partial charge in [-0.2, -0.15) is 4.98 Å². The molecule has 3 rings (SSSR count). The van der Waals surface area contributed by atoms with Gasteiger partial charge in [-0.15, -0.1) is 0 Å². The van der Waals surface area contributed by atoms with E-state index < -0.39 is 5.97 Å². The van der Waals surface area contributed by atoms with E-state index in [9.17, 15) is 9.59 Å². The number of anilines is 1. The summed E-state index contributed by atoms with van der Waals surface area (Å²) in [5.41, 5.74) is 0.475. The third-order valence-electron chi connectivity index (χ3n) is 5.41. The molecule has 2 aromatic rings. The molecule has 9 nitrogen and oxygen atoms in total. The molecule has 1 heterocycles. The van der Waals surface area contributed by atoms with E-state index in [4.69, 9.17) is 18.7 Å². The Morgan fingerprint density at radius 3 is 2.47 bits per heavy atom. The van der Waals surface area contributed by atoms with Gasteiger partial charge in [-0.05, 0) is 18.8 Å². The minimum atomic E-state index is -0.645. The number of aromatic nitrogens is 2. The normalized spacial score (nSPS) is 14.3. The average Bonchev–Trinajstić information content (AvgIpc) is 3.24. The summed E-state index contributed by atoms with van der Waals surface area (Å²) in [4.78, 5) is 29.9. The lowest BCUT2D eigenvalue weighted by Gasteiger charge is -2.22. The first-order valence-corrected chi connectivity index (χ1v) is 11.0. The maximum atomic E-state index is 12.9. The maximum absolute atomic E-state index is 12.9. The van der Waals surface area contributed by atoms with Crippen LogP contribution in [0.2, 0.25) is 0 Å². The van der Waals surface area contributed by atoms with Crippen molar-refractivity contribution in [1.29, 1.82) is 0 Å². The molecular formula is C23H31N3O6. The van der Waals surface area contributed by atoms with Crippen LogP contribution in [0.3, 0.4) is 0 Å². The van der Waals surface area contributed by atoms with E-state index >= 15 is 0 Å². The lowest BCUT2D eigenvalue weighted by Crippen LogP contribution is -2.26. The van der Waals surface area contributed by atoms with E-state index in [0.717, 1.165) is 32.1 Å². The van der Waals surface area contributed by atoms with Gasteiger partial charge in [0.15, 0.2) is 23.9 Å². The number of carbonyl (C=O) groups is 2. The Balaban J connectivity index is 1.77.